The molecule has 0 unspecified atom stereocenters. The molecule has 0 amide bonds. The van der Waals surface area contributed by atoms with E-state index in [0.717, 1.165) is 16.6 Å². The molecule has 0 saturated carbocycles. The Morgan fingerprint density at radius 2 is 2.31 bits per heavy atom. The van der Waals surface area contributed by atoms with E-state index in [1.54, 1.807) is 13.2 Å². The van der Waals surface area contributed by atoms with Crippen LogP contribution in [-0.2, 0) is 15.9 Å². The molecule has 1 aliphatic rings. The second kappa shape index (κ2) is 3.05. The molecule has 0 atom stereocenters. The van der Waals surface area contributed by atoms with Crippen LogP contribution < -0.4 is 5.46 Å². The van der Waals surface area contributed by atoms with E-state index in [2.05, 4.69) is 0 Å². The topological polar surface area (TPSA) is 38.7 Å². The molecule has 1 aromatic carbocycles. The molecule has 0 radical (unpaired) electrons. The monoisotopic (exact) mass is 178 g/mol. The molecule has 2 rings (SSSR count). The van der Waals surface area contributed by atoms with Crippen molar-refractivity contribution in [1.82, 2.24) is 0 Å². The van der Waals surface area contributed by atoms with E-state index in [0.29, 0.717) is 6.61 Å². The Labute approximate surface area is 77.4 Å². The lowest BCUT2D eigenvalue weighted by molar-refractivity contribution is 0.245. The summed E-state index contributed by atoms with van der Waals surface area (Å²) in [5, 5.41) is 9.60. The summed E-state index contributed by atoms with van der Waals surface area (Å²) in [6, 6.07) is 3.56. The van der Waals surface area contributed by atoms with Crippen molar-refractivity contribution >= 4 is 12.6 Å². The Bertz CT molecular complexity index is 338. The minimum atomic E-state index is -0.408. The number of fused-ring (bicyclic) bond motifs is 1. The van der Waals surface area contributed by atoms with E-state index in [9.17, 15) is 5.11 Å². The number of aromatic hydroxyl groups is 1. The van der Waals surface area contributed by atoms with Crippen molar-refractivity contribution in [3.05, 3.63) is 23.3 Å². The minimum Gasteiger partial charge on any atom is -0.508 e. The summed E-state index contributed by atoms with van der Waals surface area (Å²) in [7, 11) is 1.16. The molecule has 4 heteroatoms. The fourth-order valence-electron chi connectivity index (χ4n) is 1.64. The standard InChI is InChI=1S/C9H11BO3/c1-6-3-4-8(11)9-7(6)5-13-10(9)12-2/h3-4,11H,5H2,1-2H3. The molecule has 1 aliphatic heterocycles. The lowest BCUT2D eigenvalue weighted by Crippen LogP contribution is -2.31. The summed E-state index contributed by atoms with van der Waals surface area (Å²) in [5.41, 5.74) is 2.96. The van der Waals surface area contributed by atoms with Gasteiger partial charge in [-0.15, -0.1) is 0 Å². The lowest BCUT2D eigenvalue weighted by atomic mass is 9.77. The molecular formula is C9H11BO3. The molecule has 0 aliphatic carbocycles. The molecule has 1 N–H and O–H groups in total. The Morgan fingerprint density at radius 1 is 1.54 bits per heavy atom. The maximum Gasteiger partial charge on any atom is 0.498 e. The van der Waals surface area contributed by atoms with E-state index in [1.807, 2.05) is 13.0 Å². The van der Waals surface area contributed by atoms with Crippen molar-refractivity contribution < 1.29 is 14.4 Å². The second-order valence-electron chi connectivity index (χ2n) is 3.17. The van der Waals surface area contributed by atoms with Gasteiger partial charge in [0.2, 0.25) is 0 Å². The Hall–Kier alpha value is -0.995. The first-order valence-electron chi connectivity index (χ1n) is 4.19. The molecule has 1 aromatic rings. The summed E-state index contributed by atoms with van der Waals surface area (Å²) >= 11 is 0. The zero-order chi connectivity index (χ0) is 9.42. The zero-order valence-corrected chi connectivity index (χ0v) is 7.70. The number of hydrogen-bond donors (Lipinski definition) is 1. The van der Waals surface area contributed by atoms with E-state index >= 15 is 0 Å². The summed E-state index contributed by atoms with van der Waals surface area (Å²) in [4.78, 5) is 0. The number of rotatable bonds is 1. The molecule has 0 bridgehead atoms. The number of aryl methyl sites for hydroxylation is 1. The van der Waals surface area contributed by atoms with E-state index in [4.69, 9.17) is 9.31 Å². The highest BCUT2D eigenvalue weighted by Crippen LogP contribution is 2.21. The van der Waals surface area contributed by atoms with Gasteiger partial charge in [0.25, 0.3) is 0 Å². The van der Waals surface area contributed by atoms with Crippen molar-refractivity contribution in [3.8, 4) is 5.75 Å². The van der Waals surface area contributed by atoms with E-state index in [-0.39, 0.29) is 5.75 Å². The van der Waals surface area contributed by atoms with Gasteiger partial charge in [-0.3, -0.25) is 0 Å². The summed E-state index contributed by atoms with van der Waals surface area (Å²) in [6.45, 7) is 2.52. The summed E-state index contributed by atoms with van der Waals surface area (Å²) < 4.78 is 10.4. The highest BCUT2D eigenvalue weighted by Gasteiger charge is 2.33. The van der Waals surface area contributed by atoms with Gasteiger partial charge in [0.15, 0.2) is 0 Å². The van der Waals surface area contributed by atoms with Crippen LogP contribution in [0.1, 0.15) is 11.1 Å². The van der Waals surface area contributed by atoms with Crippen LogP contribution in [0.25, 0.3) is 0 Å². The normalized spacial score (nSPS) is 14.8. The minimum absolute atomic E-state index is 0.255. The fourth-order valence-corrected chi connectivity index (χ4v) is 1.64. The molecule has 0 spiro atoms. The first-order valence-corrected chi connectivity index (χ1v) is 4.19. The predicted octanol–water partition coefficient (Wildman–Crippen LogP) is 0.572. The quantitative estimate of drug-likeness (QED) is 0.639. The van der Waals surface area contributed by atoms with Gasteiger partial charge in [-0.25, -0.2) is 0 Å². The average molecular weight is 178 g/mol. The van der Waals surface area contributed by atoms with Crippen LogP contribution in [0.2, 0.25) is 0 Å². The lowest BCUT2D eigenvalue weighted by Gasteiger charge is -2.06. The third-order valence-corrected chi connectivity index (χ3v) is 2.40. The fraction of sp³-hybridized carbons (Fsp3) is 0.333. The third-order valence-electron chi connectivity index (χ3n) is 2.40. The van der Waals surface area contributed by atoms with Crippen LogP contribution in [0.15, 0.2) is 12.1 Å². The van der Waals surface area contributed by atoms with Crippen molar-refractivity contribution in [2.24, 2.45) is 0 Å². The maximum atomic E-state index is 9.60. The van der Waals surface area contributed by atoms with Crippen LogP contribution in [-0.4, -0.2) is 19.3 Å². The van der Waals surface area contributed by atoms with Gasteiger partial charge in [-0.05, 0) is 24.1 Å². The van der Waals surface area contributed by atoms with Crippen molar-refractivity contribution in [3.63, 3.8) is 0 Å². The molecule has 0 fully saturated rings. The third kappa shape index (κ3) is 1.22. The molecule has 3 nitrogen and oxygen atoms in total. The van der Waals surface area contributed by atoms with Gasteiger partial charge < -0.3 is 14.4 Å². The first kappa shape index (κ1) is 8.60. The number of benzene rings is 1. The first-order chi connectivity index (χ1) is 6.24. The summed E-state index contributed by atoms with van der Waals surface area (Å²) in [6.07, 6.45) is 0. The van der Waals surface area contributed by atoms with Gasteiger partial charge in [0.05, 0.1) is 6.61 Å². The number of phenols is 1. The maximum absolute atomic E-state index is 9.60. The molecule has 0 saturated heterocycles. The SMILES string of the molecule is COB1OCc2c(C)ccc(O)c21. The Kier molecular flexibility index (Phi) is 2.02. The number of hydrogen-bond acceptors (Lipinski definition) is 3. The van der Waals surface area contributed by atoms with Crippen LogP contribution in [0.4, 0.5) is 0 Å². The van der Waals surface area contributed by atoms with Gasteiger partial charge in [0.1, 0.15) is 5.75 Å². The highest BCUT2D eigenvalue weighted by molar-refractivity contribution is 6.63. The Balaban J connectivity index is 2.55. The van der Waals surface area contributed by atoms with Crippen LogP contribution in [0.5, 0.6) is 5.75 Å². The predicted molar refractivity (Wildman–Crippen MR) is 50.0 cm³/mol. The van der Waals surface area contributed by atoms with Gasteiger partial charge >= 0.3 is 7.12 Å². The molecule has 0 aromatic heterocycles. The average Bonchev–Trinajstić information content (AvgIpc) is 2.56. The smallest absolute Gasteiger partial charge is 0.498 e. The molecule has 68 valence electrons. The molecule has 13 heavy (non-hydrogen) atoms. The highest BCUT2D eigenvalue weighted by atomic mass is 16.6. The Morgan fingerprint density at radius 3 is 3.00 bits per heavy atom. The van der Waals surface area contributed by atoms with Crippen molar-refractivity contribution in [2.75, 3.05) is 7.11 Å². The molecule has 1 heterocycles. The van der Waals surface area contributed by atoms with Crippen LogP contribution in [0.3, 0.4) is 0 Å². The van der Waals surface area contributed by atoms with Crippen molar-refractivity contribution in [2.45, 2.75) is 13.5 Å². The largest absolute Gasteiger partial charge is 0.508 e. The zero-order valence-electron chi connectivity index (χ0n) is 7.70. The summed E-state index contributed by atoms with van der Waals surface area (Å²) in [5.74, 6) is 0.255. The van der Waals surface area contributed by atoms with Gasteiger partial charge in [-0.2, -0.15) is 0 Å². The van der Waals surface area contributed by atoms with Crippen molar-refractivity contribution in [1.29, 1.82) is 0 Å². The van der Waals surface area contributed by atoms with E-state index < -0.39 is 7.12 Å². The molecular weight excluding hydrogens is 167 g/mol. The number of phenolic OH excluding ortho intramolecular Hbond substituents is 1. The van der Waals surface area contributed by atoms with Crippen LogP contribution >= 0.6 is 0 Å². The van der Waals surface area contributed by atoms with Crippen LogP contribution in [0, 0.1) is 6.92 Å². The second-order valence-corrected chi connectivity index (χ2v) is 3.17. The van der Waals surface area contributed by atoms with Gasteiger partial charge in [-0.1, -0.05) is 6.07 Å². The van der Waals surface area contributed by atoms with E-state index in [1.165, 1.54) is 0 Å². The van der Waals surface area contributed by atoms with Gasteiger partial charge in [0, 0.05) is 12.6 Å².